The monoisotopic (exact) mass is 240 g/mol. The highest BCUT2D eigenvalue weighted by molar-refractivity contribution is 5.86. The molecular formula is C15H16N2O. The number of fused-ring (bicyclic) bond motifs is 1. The summed E-state index contributed by atoms with van der Waals surface area (Å²) in [5, 5.41) is 4.44. The molecule has 1 N–H and O–H groups in total. The fourth-order valence-electron chi connectivity index (χ4n) is 2.62. The fourth-order valence-corrected chi connectivity index (χ4v) is 2.62. The summed E-state index contributed by atoms with van der Waals surface area (Å²) in [5.74, 6) is 0.600. The summed E-state index contributed by atoms with van der Waals surface area (Å²) in [6.45, 7) is 2.16. The van der Waals surface area contributed by atoms with Crippen molar-refractivity contribution in [3.05, 3.63) is 41.6 Å². The van der Waals surface area contributed by atoms with Crippen molar-refractivity contribution >= 4 is 17.2 Å². The Morgan fingerprint density at radius 2 is 2.06 bits per heavy atom. The topological polar surface area (TPSA) is 42.0 Å². The van der Waals surface area contributed by atoms with Crippen LogP contribution in [0.15, 0.2) is 30.5 Å². The van der Waals surface area contributed by atoms with Crippen molar-refractivity contribution < 1.29 is 4.79 Å². The van der Waals surface area contributed by atoms with E-state index >= 15 is 0 Å². The zero-order valence-corrected chi connectivity index (χ0v) is 10.2. The predicted octanol–water partition coefficient (Wildman–Crippen LogP) is 2.51. The van der Waals surface area contributed by atoms with Crippen molar-refractivity contribution in [2.24, 2.45) is 0 Å². The lowest BCUT2D eigenvalue weighted by Crippen LogP contribution is -2.26. The second-order valence-corrected chi connectivity index (χ2v) is 4.86. The van der Waals surface area contributed by atoms with E-state index in [0.717, 1.165) is 30.3 Å². The molecule has 0 amide bonds. The molecule has 1 aromatic carbocycles. The van der Waals surface area contributed by atoms with Crippen molar-refractivity contribution in [2.45, 2.75) is 18.8 Å². The zero-order valence-electron chi connectivity index (χ0n) is 10.2. The molecule has 92 valence electrons. The van der Waals surface area contributed by atoms with E-state index in [4.69, 9.17) is 0 Å². The highest BCUT2D eigenvalue weighted by Crippen LogP contribution is 2.27. The van der Waals surface area contributed by atoms with E-state index in [1.807, 2.05) is 24.4 Å². The lowest BCUT2D eigenvalue weighted by Gasteiger charge is -2.22. The first kappa shape index (κ1) is 11.4. The molecule has 1 aromatic heterocycles. The number of rotatable bonds is 2. The van der Waals surface area contributed by atoms with Gasteiger partial charge in [0.25, 0.3) is 0 Å². The minimum atomic E-state index is 0.600. The summed E-state index contributed by atoms with van der Waals surface area (Å²) < 4.78 is 0. The van der Waals surface area contributed by atoms with Crippen molar-refractivity contribution in [3.8, 4) is 0 Å². The Hall–Kier alpha value is -1.74. The second kappa shape index (κ2) is 4.86. The van der Waals surface area contributed by atoms with Gasteiger partial charge in [0.15, 0.2) is 0 Å². The molecule has 0 radical (unpaired) electrons. The molecule has 3 nitrogen and oxygen atoms in total. The van der Waals surface area contributed by atoms with Crippen LogP contribution in [0.4, 0.5) is 0 Å². The molecule has 2 aromatic rings. The molecule has 18 heavy (non-hydrogen) atoms. The van der Waals surface area contributed by atoms with E-state index in [1.165, 1.54) is 18.4 Å². The number of carbonyl (C=O) groups is 1. The average molecular weight is 240 g/mol. The summed E-state index contributed by atoms with van der Waals surface area (Å²) >= 11 is 0. The van der Waals surface area contributed by atoms with Crippen LogP contribution in [-0.4, -0.2) is 24.4 Å². The predicted molar refractivity (Wildman–Crippen MR) is 72.0 cm³/mol. The van der Waals surface area contributed by atoms with Crippen LogP contribution in [0.2, 0.25) is 0 Å². The number of piperidine rings is 1. The van der Waals surface area contributed by atoms with Crippen LogP contribution in [0.3, 0.4) is 0 Å². The Labute approximate surface area is 106 Å². The van der Waals surface area contributed by atoms with Crippen molar-refractivity contribution in [2.75, 3.05) is 13.1 Å². The van der Waals surface area contributed by atoms with Crippen LogP contribution in [0.5, 0.6) is 0 Å². The Morgan fingerprint density at radius 1 is 1.22 bits per heavy atom. The first-order valence-corrected chi connectivity index (χ1v) is 6.42. The summed E-state index contributed by atoms with van der Waals surface area (Å²) in [5.41, 5.74) is 2.97. The third kappa shape index (κ3) is 2.14. The maximum absolute atomic E-state index is 10.8. The van der Waals surface area contributed by atoms with Gasteiger partial charge in [0.05, 0.1) is 5.52 Å². The van der Waals surface area contributed by atoms with Crippen LogP contribution in [0, 0.1) is 0 Å². The number of hydrogen-bond donors (Lipinski definition) is 1. The van der Waals surface area contributed by atoms with Crippen LogP contribution < -0.4 is 5.32 Å². The number of benzene rings is 1. The fraction of sp³-hybridized carbons (Fsp3) is 0.333. The van der Waals surface area contributed by atoms with Gasteiger partial charge in [-0.15, -0.1) is 0 Å². The number of carbonyl (C=O) groups excluding carboxylic acids is 1. The van der Waals surface area contributed by atoms with E-state index in [2.05, 4.69) is 16.4 Å². The third-order valence-corrected chi connectivity index (χ3v) is 3.67. The Kier molecular flexibility index (Phi) is 3.07. The maximum atomic E-state index is 10.8. The third-order valence-electron chi connectivity index (χ3n) is 3.67. The van der Waals surface area contributed by atoms with E-state index in [1.54, 1.807) is 0 Å². The van der Waals surface area contributed by atoms with E-state index < -0.39 is 0 Å². The molecule has 0 atom stereocenters. The van der Waals surface area contributed by atoms with Crippen molar-refractivity contribution in [3.63, 3.8) is 0 Å². The molecular weight excluding hydrogens is 224 g/mol. The smallest absolute Gasteiger partial charge is 0.150 e. The quantitative estimate of drug-likeness (QED) is 0.820. The summed E-state index contributed by atoms with van der Waals surface area (Å²) in [6, 6.07) is 7.82. The van der Waals surface area contributed by atoms with E-state index in [-0.39, 0.29) is 0 Å². The highest BCUT2D eigenvalue weighted by atomic mass is 16.1. The SMILES string of the molecule is O=Cc1ccc2ncc(C3CCNCC3)cc2c1. The van der Waals surface area contributed by atoms with Gasteiger partial charge in [0, 0.05) is 17.1 Å². The summed E-state index contributed by atoms with van der Waals surface area (Å²) in [7, 11) is 0. The molecule has 1 aliphatic rings. The first-order chi connectivity index (χ1) is 8.86. The molecule has 0 bridgehead atoms. The van der Waals surface area contributed by atoms with Crippen LogP contribution in [-0.2, 0) is 0 Å². The lowest BCUT2D eigenvalue weighted by molar-refractivity contribution is 0.112. The standard InChI is InChI=1S/C15H16N2O/c18-10-11-1-2-15-13(7-11)8-14(9-17-15)12-3-5-16-6-4-12/h1-2,7-10,12,16H,3-6H2. The molecule has 0 aliphatic carbocycles. The minimum absolute atomic E-state index is 0.600. The largest absolute Gasteiger partial charge is 0.317 e. The number of nitrogens with zero attached hydrogens (tertiary/aromatic N) is 1. The maximum Gasteiger partial charge on any atom is 0.150 e. The summed E-state index contributed by atoms with van der Waals surface area (Å²) in [4.78, 5) is 15.3. The minimum Gasteiger partial charge on any atom is -0.317 e. The van der Waals surface area contributed by atoms with Crippen LogP contribution in [0.1, 0.15) is 34.7 Å². The lowest BCUT2D eigenvalue weighted by atomic mass is 9.90. The van der Waals surface area contributed by atoms with Gasteiger partial charge in [-0.05, 0) is 61.7 Å². The van der Waals surface area contributed by atoms with Gasteiger partial charge < -0.3 is 5.32 Å². The molecule has 0 spiro atoms. The van der Waals surface area contributed by atoms with Gasteiger partial charge in [-0.3, -0.25) is 9.78 Å². The number of pyridine rings is 1. The molecule has 0 saturated carbocycles. The van der Waals surface area contributed by atoms with Crippen LogP contribution in [0.25, 0.3) is 10.9 Å². The Bertz CT molecular complexity index is 574. The Morgan fingerprint density at radius 3 is 2.83 bits per heavy atom. The number of hydrogen-bond acceptors (Lipinski definition) is 3. The summed E-state index contributed by atoms with van der Waals surface area (Å²) in [6.07, 6.45) is 5.21. The van der Waals surface area contributed by atoms with Gasteiger partial charge in [-0.2, -0.15) is 0 Å². The van der Waals surface area contributed by atoms with Gasteiger partial charge in [-0.1, -0.05) is 0 Å². The first-order valence-electron chi connectivity index (χ1n) is 6.42. The number of aldehydes is 1. The van der Waals surface area contributed by atoms with Crippen LogP contribution >= 0.6 is 0 Å². The van der Waals surface area contributed by atoms with E-state index in [9.17, 15) is 4.79 Å². The van der Waals surface area contributed by atoms with Crippen molar-refractivity contribution in [1.82, 2.24) is 10.3 Å². The normalized spacial score (nSPS) is 16.9. The average Bonchev–Trinajstić information content (AvgIpc) is 2.47. The molecule has 1 saturated heterocycles. The highest BCUT2D eigenvalue weighted by Gasteiger charge is 2.15. The Balaban J connectivity index is 2.00. The molecule has 1 aliphatic heterocycles. The molecule has 2 heterocycles. The second-order valence-electron chi connectivity index (χ2n) is 4.86. The molecule has 0 unspecified atom stereocenters. The van der Waals surface area contributed by atoms with Gasteiger partial charge in [0.2, 0.25) is 0 Å². The van der Waals surface area contributed by atoms with Gasteiger partial charge in [0.1, 0.15) is 6.29 Å². The zero-order chi connectivity index (χ0) is 12.4. The van der Waals surface area contributed by atoms with Crippen molar-refractivity contribution in [1.29, 1.82) is 0 Å². The van der Waals surface area contributed by atoms with Gasteiger partial charge in [-0.25, -0.2) is 0 Å². The molecule has 1 fully saturated rings. The number of aromatic nitrogens is 1. The number of nitrogens with one attached hydrogen (secondary N) is 1. The van der Waals surface area contributed by atoms with E-state index in [0.29, 0.717) is 11.5 Å². The van der Waals surface area contributed by atoms with Gasteiger partial charge >= 0.3 is 0 Å². The molecule has 3 heteroatoms. The molecule has 3 rings (SSSR count).